The zero-order valence-electron chi connectivity index (χ0n) is 16.7. The van der Waals surface area contributed by atoms with E-state index in [0.717, 1.165) is 35.0 Å². The molecule has 6 nitrogen and oxygen atoms in total. The Morgan fingerprint density at radius 2 is 1.86 bits per heavy atom. The maximum atomic E-state index is 5.46. The lowest BCUT2D eigenvalue weighted by molar-refractivity contribution is 0.324. The van der Waals surface area contributed by atoms with E-state index in [4.69, 9.17) is 14.2 Å². The van der Waals surface area contributed by atoms with Crippen LogP contribution >= 0.6 is 11.3 Å². The fourth-order valence-corrected chi connectivity index (χ4v) is 5.18. The predicted molar refractivity (Wildman–Crippen MR) is 112 cm³/mol. The molecule has 0 unspecified atom stereocenters. The zero-order chi connectivity index (χ0) is 19.7. The first-order valence-electron chi connectivity index (χ1n) is 9.42. The van der Waals surface area contributed by atoms with Crippen LogP contribution in [-0.4, -0.2) is 31.3 Å². The molecule has 0 fully saturated rings. The number of methoxy groups -OCH3 is 3. The van der Waals surface area contributed by atoms with Gasteiger partial charge in [0.1, 0.15) is 17.0 Å². The van der Waals surface area contributed by atoms with Gasteiger partial charge in [-0.25, -0.2) is 9.97 Å². The van der Waals surface area contributed by atoms with Gasteiger partial charge in [0.2, 0.25) is 5.75 Å². The van der Waals surface area contributed by atoms with E-state index in [1.54, 1.807) is 27.7 Å². The smallest absolute Gasteiger partial charge is 0.203 e. The van der Waals surface area contributed by atoms with Crippen molar-refractivity contribution in [2.75, 3.05) is 26.6 Å². The molecule has 0 saturated heterocycles. The van der Waals surface area contributed by atoms with Crippen molar-refractivity contribution in [2.45, 2.75) is 32.7 Å². The highest BCUT2D eigenvalue weighted by molar-refractivity contribution is 7.19. The van der Waals surface area contributed by atoms with Crippen LogP contribution in [0.1, 0.15) is 29.3 Å². The number of aryl methyl sites for hydroxylation is 1. The Morgan fingerprint density at radius 1 is 1.11 bits per heavy atom. The molecule has 1 aliphatic rings. The molecule has 2 heterocycles. The third-order valence-electron chi connectivity index (χ3n) is 5.28. The number of nitrogens with zero attached hydrogens (tertiary/aromatic N) is 2. The normalized spacial score (nSPS) is 15.9. The van der Waals surface area contributed by atoms with E-state index in [1.165, 1.54) is 22.2 Å². The molecule has 0 aliphatic heterocycles. The van der Waals surface area contributed by atoms with Crippen molar-refractivity contribution in [3.63, 3.8) is 0 Å². The van der Waals surface area contributed by atoms with E-state index >= 15 is 0 Å². The van der Waals surface area contributed by atoms with Gasteiger partial charge in [0.05, 0.1) is 26.7 Å². The zero-order valence-corrected chi connectivity index (χ0v) is 17.5. The van der Waals surface area contributed by atoms with Gasteiger partial charge in [-0.3, -0.25) is 0 Å². The van der Waals surface area contributed by atoms with Crippen LogP contribution in [0.3, 0.4) is 0 Å². The van der Waals surface area contributed by atoms with E-state index in [-0.39, 0.29) is 0 Å². The van der Waals surface area contributed by atoms with Crippen molar-refractivity contribution < 1.29 is 14.2 Å². The van der Waals surface area contributed by atoms with Crippen molar-refractivity contribution in [3.05, 3.63) is 34.5 Å². The summed E-state index contributed by atoms with van der Waals surface area (Å²) in [5, 5.41) is 4.68. The van der Waals surface area contributed by atoms with Crippen LogP contribution < -0.4 is 19.5 Å². The van der Waals surface area contributed by atoms with Crippen molar-refractivity contribution in [1.82, 2.24) is 9.97 Å². The molecule has 0 spiro atoms. The number of rotatable bonds is 6. The maximum Gasteiger partial charge on any atom is 0.203 e. The SMILES string of the molecule is COc1cc(CNc2ncnc3sc4c(c23)CC[C@H](C)C4)cc(OC)c1OC. The summed E-state index contributed by atoms with van der Waals surface area (Å²) < 4.78 is 16.3. The summed E-state index contributed by atoms with van der Waals surface area (Å²) in [6.07, 6.45) is 5.11. The molecule has 2 aromatic heterocycles. The Kier molecular flexibility index (Phi) is 5.26. The van der Waals surface area contributed by atoms with Crippen LogP contribution in [0.2, 0.25) is 0 Å². The van der Waals surface area contributed by atoms with Crippen LogP contribution in [0.5, 0.6) is 17.2 Å². The van der Waals surface area contributed by atoms with E-state index < -0.39 is 0 Å². The van der Waals surface area contributed by atoms with Gasteiger partial charge in [0, 0.05) is 11.4 Å². The summed E-state index contributed by atoms with van der Waals surface area (Å²) in [5.41, 5.74) is 2.45. The average molecular weight is 400 g/mol. The Bertz CT molecular complexity index is 977. The Hall–Kier alpha value is -2.54. The second kappa shape index (κ2) is 7.83. The highest BCUT2D eigenvalue weighted by atomic mass is 32.1. The molecule has 4 rings (SSSR count). The first kappa shape index (κ1) is 18.8. The number of hydrogen-bond acceptors (Lipinski definition) is 7. The molecule has 0 radical (unpaired) electrons. The second-order valence-electron chi connectivity index (χ2n) is 7.14. The van der Waals surface area contributed by atoms with E-state index in [1.807, 2.05) is 23.5 Å². The van der Waals surface area contributed by atoms with Gasteiger partial charge in [0.15, 0.2) is 11.5 Å². The number of benzene rings is 1. The summed E-state index contributed by atoms with van der Waals surface area (Å²) in [6, 6.07) is 3.91. The van der Waals surface area contributed by atoms with Gasteiger partial charge in [-0.1, -0.05) is 6.92 Å². The highest BCUT2D eigenvalue weighted by Gasteiger charge is 2.23. The van der Waals surface area contributed by atoms with Gasteiger partial charge in [0.25, 0.3) is 0 Å². The summed E-state index contributed by atoms with van der Waals surface area (Å²) in [6.45, 7) is 2.92. The molecule has 1 N–H and O–H groups in total. The van der Waals surface area contributed by atoms with Crippen molar-refractivity contribution in [3.8, 4) is 17.2 Å². The van der Waals surface area contributed by atoms with E-state index in [0.29, 0.717) is 23.8 Å². The molecule has 28 heavy (non-hydrogen) atoms. The Labute approximate surface area is 168 Å². The van der Waals surface area contributed by atoms with E-state index in [2.05, 4.69) is 22.2 Å². The van der Waals surface area contributed by atoms with Crippen LogP contribution in [0, 0.1) is 5.92 Å². The summed E-state index contributed by atoms with van der Waals surface area (Å²) in [5.74, 6) is 3.52. The number of anilines is 1. The first-order valence-corrected chi connectivity index (χ1v) is 10.2. The minimum atomic E-state index is 0.596. The monoisotopic (exact) mass is 399 g/mol. The van der Waals surface area contributed by atoms with Gasteiger partial charge in [-0.15, -0.1) is 11.3 Å². The molecular weight excluding hydrogens is 374 g/mol. The number of hydrogen-bond donors (Lipinski definition) is 1. The fourth-order valence-electron chi connectivity index (χ4n) is 3.83. The molecule has 0 saturated carbocycles. The van der Waals surface area contributed by atoms with Crippen LogP contribution in [0.25, 0.3) is 10.2 Å². The van der Waals surface area contributed by atoms with E-state index in [9.17, 15) is 0 Å². The summed E-state index contributed by atoms with van der Waals surface area (Å²) in [7, 11) is 4.86. The fraction of sp³-hybridized carbons (Fsp3) is 0.429. The third-order valence-corrected chi connectivity index (χ3v) is 6.44. The van der Waals surface area contributed by atoms with Crippen LogP contribution in [0.4, 0.5) is 5.82 Å². The van der Waals surface area contributed by atoms with Gasteiger partial charge >= 0.3 is 0 Å². The van der Waals surface area contributed by atoms with Gasteiger partial charge in [-0.05, 0) is 48.4 Å². The molecule has 148 valence electrons. The molecule has 0 amide bonds. The minimum absolute atomic E-state index is 0.596. The molecular formula is C21H25N3O3S. The highest BCUT2D eigenvalue weighted by Crippen LogP contribution is 2.41. The second-order valence-corrected chi connectivity index (χ2v) is 8.22. The van der Waals surface area contributed by atoms with Gasteiger partial charge in [-0.2, -0.15) is 0 Å². The molecule has 0 bridgehead atoms. The minimum Gasteiger partial charge on any atom is -0.493 e. The number of ether oxygens (including phenoxy) is 3. The Balaban J connectivity index is 1.65. The Morgan fingerprint density at radius 3 is 2.54 bits per heavy atom. The summed E-state index contributed by atoms with van der Waals surface area (Å²) in [4.78, 5) is 11.6. The van der Waals surface area contributed by atoms with Crippen molar-refractivity contribution >= 4 is 27.4 Å². The van der Waals surface area contributed by atoms with Crippen molar-refractivity contribution in [2.24, 2.45) is 5.92 Å². The largest absolute Gasteiger partial charge is 0.493 e. The number of fused-ring (bicyclic) bond motifs is 3. The molecule has 7 heteroatoms. The van der Waals surface area contributed by atoms with Gasteiger partial charge < -0.3 is 19.5 Å². The molecule has 1 atom stereocenters. The molecule has 3 aromatic rings. The maximum absolute atomic E-state index is 5.46. The lowest BCUT2D eigenvalue weighted by atomic mass is 9.89. The topological polar surface area (TPSA) is 65.5 Å². The number of thiophene rings is 1. The lowest BCUT2D eigenvalue weighted by Crippen LogP contribution is -2.09. The average Bonchev–Trinajstić information content (AvgIpc) is 3.09. The van der Waals surface area contributed by atoms with Crippen molar-refractivity contribution in [1.29, 1.82) is 0 Å². The number of nitrogens with one attached hydrogen (secondary N) is 1. The predicted octanol–water partition coefficient (Wildman–Crippen LogP) is 4.45. The third kappa shape index (κ3) is 3.35. The van der Waals surface area contributed by atoms with Crippen LogP contribution in [-0.2, 0) is 19.4 Å². The van der Waals surface area contributed by atoms with Crippen LogP contribution in [0.15, 0.2) is 18.5 Å². The quantitative estimate of drug-likeness (QED) is 0.660. The lowest BCUT2D eigenvalue weighted by Gasteiger charge is -2.18. The first-order chi connectivity index (χ1) is 13.6. The standard InChI is InChI=1S/C21H25N3O3S/c1-12-5-6-14-17(7-12)28-21-18(14)20(23-11-24-21)22-10-13-8-15(25-2)19(27-4)16(9-13)26-3/h8-9,11-12H,5-7,10H2,1-4H3,(H,22,23,24)/t12-/m0/s1. The molecule has 1 aliphatic carbocycles. The number of aromatic nitrogens is 2. The molecule has 1 aromatic carbocycles. The summed E-state index contributed by atoms with van der Waals surface area (Å²) >= 11 is 1.81.